The largest absolute Gasteiger partial charge is 0.307 e. The summed E-state index contributed by atoms with van der Waals surface area (Å²) in [5.74, 6) is 0. The Morgan fingerprint density at radius 3 is 2.56 bits per heavy atom. The fraction of sp³-hybridized carbons (Fsp3) is 0.316. The summed E-state index contributed by atoms with van der Waals surface area (Å²) in [7, 11) is 1.83. The van der Waals surface area contributed by atoms with Gasteiger partial charge in [0.2, 0.25) is 0 Å². The number of hydrogen-bond acceptors (Lipinski definition) is 5. The molecule has 25 heavy (non-hydrogen) atoms. The van der Waals surface area contributed by atoms with Crippen molar-refractivity contribution in [1.82, 2.24) is 13.8 Å². The molecule has 0 amide bonds. The van der Waals surface area contributed by atoms with E-state index >= 15 is 0 Å². The molecule has 1 fully saturated rings. The van der Waals surface area contributed by atoms with Gasteiger partial charge in [-0.1, -0.05) is 41.7 Å². The number of benzene rings is 2. The van der Waals surface area contributed by atoms with E-state index in [0.29, 0.717) is 0 Å². The lowest BCUT2D eigenvalue weighted by atomic mass is 10.2. The summed E-state index contributed by atoms with van der Waals surface area (Å²) in [4.78, 5) is 15.6. The van der Waals surface area contributed by atoms with E-state index in [0.717, 1.165) is 42.9 Å². The first kappa shape index (κ1) is 16.8. The van der Waals surface area contributed by atoms with Crippen LogP contribution in [0.5, 0.6) is 0 Å². The maximum atomic E-state index is 11.8. The van der Waals surface area contributed by atoms with Crippen LogP contribution in [-0.4, -0.2) is 40.0 Å². The molecule has 0 bridgehead atoms. The third kappa shape index (κ3) is 3.82. The minimum Gasteiger partial charge on any atom is -0.302 e. The van der Waals surface area contributed by atoms with Crippen molar-refractivity contribution in [1.29, 1.82) is 0 Å². The Hall–Kier alpha value is -1.60. The van der Waals surface area contributed by atoms with Crippen LogP contribution in [0.2, 0.25) is 0 Å². The highest BCUT2D eigenvalue weighted by Crippen LogP contribution is 2.28. The molecule has 2 aromatic carbocycles. The van der Waals surface area contributed by atoms with Gasteiger partial charge in [-0.05, 0) is 35.7 Å². The van der Waals surface area contributed by atoms with Crippen molar-refractivity contribution in [3.05, 3.63) is 63.8 Å². The predicted molar refractivity (Wildman–Crippen MR) is 106 cm³/mol. The van der Waals surface area contributed by atoms with Crippen LogP contribution in [-0.2, 0) is 13.6 Å². The van der Waals surface area contributed by atoms with Gasteiger partial charge in [0.1, 0.15) is 0 Å². The zero-order chi connectivity index (χ0) is 17.2. The molecule has 0 radical (unpaired) electrons. The molecule has 0 N–H and O–H groups in total. The molecule has 1 aliphatic rings. The van der Waals surface area contributed by atoms with Crippen molar-refractivity contribution in [3.8, 4) is 0 Å². The highest BCUT2D eigenvalue weighted by atomic mass is 32.2. The minimum atomic E-state index is 0.103. The molecular formula is C19H21N3OS2. The fourth-order valence-electron chi connectivity index (χ4n) is 3.14. The number of nitrogens with zero attached hydrogens (tertiary/aromatic N) is 3. The molecule has 0 saturated carbocycles. The van der Waals surface area contributed by atoms with Gasteiger partial charge in [0.05, 0.1) is 10.2 Å². The van der Waals surface area contributed by atoms with Gasteiger partial charge in [-0.15, -0.1) is 0 Å². The third-order valence-corrected chi connectivity index (χ3v) is 6.66. The number of rotatable bonds is 4. The first-order valence-corrected chi connectivity index (χ1v) is 10.1. The Morgan fingerprint density at radius 2 is 1.80 bits per heavy atom. The molecule has 0 aliphatic carbocycles. The Kier molecular flexibility index (Phi) is 4.94. The zero-order valence-electron chi connectivity index (χ0n) is 14.2. The van der Waals surface area contributed by atoms with Crippen LogP contribution >= 0.6 is 23.3 Å². The quantitative estimate of drug-likeness (QED) is 0.657. The molecular weight excluding hydrogens is 350 g/mol. The summed E-state index contributed by atoms with van der Waals surface area (Å²) in [5, 5.41) is 0. The minimum absolute atomic E-state index is 0.103. The predicted octanol–water partition coefficient (Wildman–Crippen LogP) is 3.42. The van der Waals surface area contributed by atoms with Crippen LogP contribution in [0.4, 0.5) is 0 Å². The standard InChI is InChI=1S/C19H21N3OS2/c1-20-17-8-7-16(13-18(17)24-19(20)23)25-22-11-9-21(10-12-22)14-15-5-3-2-4-6-15/h2-8,13H,9-12,14H2,1H3. The van der Waals surface area contributed by atoms with Crippen molar-refractivity contribution in [2.24, 2.45) is 7.05 Å². The molecule has 4 rings (SSSR count). The van der Waals surface area contributed by atoms with E-state index in [4.69, 9.17) is 0 Å². The lowest BCUT2D eigenvalue weighted by molar-refractivity contribution is 0.189. The molecule has 2 heterocycles. The van der Waals surface area contributed by atoms with Crippen molar-refractivity contribution in [2.75, 3.05) is 26.2 Å². The first-order chi connectivity index (χ1) is 12.2. The normalized spacial score (nSPS) is 16.5. The second-order valence-electron chi connectivity index (χ2n) is 6.34. The number of aromatic nitrogens is 1. The smallest absolute Gasteiger partial charge is 0.302 e. The van der Waals surface area contributed by atoms with Crippen molar-refractivity contribution in [2.45, 2.75) is 11.4 Å². The van der Waals surface area contributed by atoms with Gasteiger partial charge in [-0.3, -0.25) is 9.69 Å². The summed E-state index contributed by atoms with van der Waals surface area (Å²) in [6.45, 7) is 5.32. The molecule has 0 spiro atoms. The second kappa shape index (κ2) is 7.33. The van der Waals surface area contributed by atoms with E-state index in [2.05, 4.69) is 57.7 Å². The topological polar surface area (TPSA) is 28.5 Å². The van der Waals surface area contributed by atoms with Crippen LogP contribution in [0.15, 0.2) is 58.2 Å². The monoisotopic (exact) mass is 371 g/mol. The number of piperazine rings is 1. The van der Waals surface area contributed by atoms with Gasteiger partial charge < -0.3 is 4.57 Å². The van der Waals surface area contributed by atoms with E-state index in [1.54, 1.807) is 16.5 Å². The van der Waals surface area contributed by atoms with E-state index in [9.17, 15) is 4.79 Å². The van der Waals surface area contributed by atoms with Gasteiger partial charge in [0.15, 0.2) is 0 Å². The Labute approximate surface area is 155 Å². The number of aryl methyl sites for hydroxylation is 1. The van der Waals surface area contributed by atoms with Gasteiger partial charge in [0, 0.05) is 44.7 Å². The average Bonchev–Trinajstić information content (AvgIpc) is 2.91. The van der Waals surface area contributed by atoms with Crippen LogP contribution in [0.3, 0.4) is 0 Å². The van der Waals surface area contributed by atoms with Crippen LogP contribution < -0.4 is 4.87 Å². The maximum Gasteiger partial charge on any atom is 0.307 e. The summed E-state index contributed by atoms with van der Waals surface area (Å²) in [6, 6.07) is 17.0. The average molecular weight is 372 g/mol. The molecule has 0 atom stereocenters. The Balaban J connectivity index is 1.36. The molecule has 1 saturated heterocycles. The third-order valence-electron chi connectivity index (χ3n) is 4.58. The Morgan fingerprint density at radius 1 is 1.04 bits per heavy atom. The zero-order valence-corrected chi connectivity index (χ0v) is 15.9. The molecule has 3 aromatic rings. The molecule has 0 unspecified atom stereocenters. The SMILES string of the molecule is Cn1c(=O)sc2cc(SN3CCN(Cc4ccccc4)CC3)ccc21. The van der Waals surface area contributed by atoms with Gasteiger partial charge >= 0.3 is 4.87 Å². The van der Waals surface area contributed by atoms with Crippen molar-refractivity contribution < 1.29 is 0 Å². The lowest BCUT2D eigenvalue weighted by Crippen LogP contribution is -2.42. The summed E-state index contributed by atoms with van der Waals surface area (Å²) in [5.41, 5.74) is 2.40. The van der Waals surface area contributed by atoms with Crippen LogP contribution in [0, 0.1) is 0 Å². The first-order valence-electron chi connectivity index (χ1n) is 8.48. The van der Waals surface area contributed by atoms with E-state index in [1.165, 1.54) is 21.8 Å². The second-order valence-corrected chi connectivity index (χ2v) is 8.50. The van der Waals surface area contributed by atoms with Gasteiger partial charge in [-0.25, -0.2) is 4.31 Å². The molecule has 130 valence electrons. The van der Waals surface area contributed by atoms with E-state index < -0.39 is 0 Å². The van der Waals surface area contributed by atoms with Crippen molar-refractivity contribution >= 4 is 33.5 Å². The lowest BCUT2D eigenvalue weighted by Gasteiger charge is -2.33. The molecule has 1 aromatic heterocycles. The molecule has 6 heteroatoms. The van der Waals surface area contributed by atoms with Gasteiger partial charge in [0.25, 0.3) is 0 Å². The summed E-state index contributed by atoms with van der Waals surface area (Å²) in [6.07, 6.45) is 0. The molecule has 4 nitrogen and oxygen atoms in total. The molecule has 1 aliphatic heterocycles. The number of fused-ring (bicyclic) bond motifs is 1. The summed E-state index contributed by atoms with van der Waals surface area (Å²) >= 11 is 3.13. The highest BCUT2D eigenvalue weighted by molar-refractivity contribution is 7.97. The number of thiazole rings is 1. The van der Waals surface area contributed by atoms with Gasteiger partial charge in [-0.2, -0.15) is 0 Å². The highest BCUT2D eigenvalue weighted by Gasteiger charge is 2.18. The maximum absolute atomic E-state index is 11.8. The van der Waals surface area contributed by atoms with E-state index in [-0.39, 0.29) is 4.87 Å². The van der Waals surface area contributed by atoms with Crippen LogP contribution in [0.25, 0.3) is 10.2 Å². The Bertz CT molecular complexity index is 911. The van der Waals surface area contributed by atoms with E-state index in [1.807, 2.05) is 7.05 Å². The van der Waals surface area contributed by atoms with Crippen LogP contribution in [0.1, 0.15) is 5.56 Å². The van der Waals surface area contributed by atoms with Crippen molar-refractivity contribution in [3.63, 3.8) is 0 Å². The number of hydrogen-bond donors (Lipinski definition) is 0. The fourth-order valence-corrected chi connectivity index (χ4v) is 5.08. The summed E-state index contributed by atoms with van der Waals surface area (Å²) < 4.78 is 5.21.